The molecule has 0 fully saturated rings. The standard InChI is InChI=1S/C39H48N6O7/c1-38(2,3)51-36(48)43(7)23-21-40-35-42-32-28(16-13-18-30(32)45(35)37(49)52-39(4,5)6)41-33(46)27-20-19-26(24-31(27)50-8)34(47)44-22-12-11-15-25-14-9-10-17-29(25)44/h9-10,13-14,16-20,24H,11-12,15,21-23H2,1-8H3,(H,40,42)(H,41,46). The minimum Gasteiger partial charge on any atom is -0.496 e. The Morgan fingerprint density at radius 2 is 1.63 bits per heavy atom. The molecule has 1 aliphatic rings. The third-order valence-electron chi connectivity index (χ3n) is 8.24. The van der Waals surface area contributed by atoms with E-state index in [2.05, 4.69) is 21.7 Å². The van der Waals surface area contributed by atoms with Gasteiger partial charge in [-0.25, -0.2) is 19.1 Å². The second-order valence-electron chi connectivity index (χ2n) is 14.7. The molecular formula is C39H48N6O7. The van der Waals surface area contributed by atoms with Crippen molar-refractivity contribution in [3.8, 4) is 5.75 Å². The van der Waals surface area contributed by atoms with Crippen LogP contribution in [0.5, 0.6) is 5.75 Å². The van der Waals surface area contributed by atoms with Crippen LogP contribution in [0, 0.1) is 0 Å². The van der Waals surface area contributed by atoms with Crippen LogP contribution in [-0.4, -0.2) is 83.4 Å². The van der Waals surface area contributed by atoms with E-state index in [1.54, 1.807) is 89.9 Å². The molecule has 1 aliphatic heterocycles. The van der Waals surface area contributed by atoms with E-state index in [-0.39, 0.29) is 36.3 Å². The van der Waals surface area contributed by atoms with Crippen LogP contribution < -0.4 is 20.3 Å². The van der Waals surface area contributed by atoms with Gasteiger partial charge in [-0.2, -0.15) is 0 Å². The maximum absolute atomic E-state index is 13.8. The maximum Gasteiger partial charge on any atom is 0.421 e. The summed E-state index contributed by atoms with van der Waals surface area (Å²) < 4.78 is 18.0. The quantitative estimate of drug-likeness (QED) is 0.192. The summed E-state index contributed by atoms with van der Waals surface area (Å²) >= 11 is 0. The highest BCUT2D eigenvalue weighted by molar-refractivity contribution is 6.12. The fourth-order valence-electron chi connectivity index (χ4n) is 5.84. The zero-order valence-electron chi connectivity index (χ0n) is 31.2. The molecule has 3 amide bonds. The number of carbonyl (C=O) groups is 4. The fourth-order valence-corrected chi connectivity index (χ4v) is 5.84. The molecule has 3 aromatic carbocycles. The summed E-state index contributed by atoms with van der Waals surface area (Å²) in [5.41, 5.74) is 2.25. The number of aromatic nitrogens is 2. The monoisotopic (exact) mass is 712 g/mol. The molecule has 0 atom stereocenters. The van der Waals surface area contributed by atoms with Crippen molar-refractivity contribution >= 4 is 52.4 Å². The van der Waals surface area contributed by atoms with Gasteiger partial charge >= 0.3 is 12.2 Å². The number of para-hydroxylation sites is 2. The van der Waals surface area contributed by atoms with Crippen molar-refractivity contribution in [1.82, 2.24) is 14.5 Å². The summed E-state index contributed by atoms with van der Waals surface area (Å²) in [7, 11) is 3.06. The molecule has 0 radical (unpaired) electrons. The maximum atomic E-state index is 13.8. The SMILES string of the molecule is COc1cc(C(=O)N2CCCCc3ccccc32)ccc1C(=O)Nc1cccc2c1nc(NCCN(C)C(=O)OC(C)(C)C)n2C(=O)OC(C)(C)C. The first kappa shape index (κ1) is 37.7. The molecule has 0 saturated carbocycles. The lowest BCUT2D eigenvalue weighted by atomic mass is 10.1. The summed E-state index contributed by atoms with van der Waals surface area (Å²) in [5.74, 6) is -0.272. The smallest absolute Gasteiger partial charge is 0.421 e. The van der Waals surface area contributed by atoms with Crippen LogP contribution in [0.4, 0.5) is 26.9 Å². The van der Waals surface area contributed by atoms with E-state index < -0.39 is 29.3 Å². The molecule has 0 bridgehead atoms. The molecule has 2 heterocycles. The fraction of sp³-hybridized carbons (Fsp3) is 0.410. The number of methoxy groups -OCH3 is 1. The predicted molar refractivity (Wildman–Crippen MR) is 201 cm³/mol. The number of hydrogen-bond donors (Lipinski definition) is 2. The molecular weight excluding hydrogens is 664 g/mol. The van der Waals surface area contributed by atoms with Gasteiger partial charge in [0, 0.05) is 37.9 Å². The second-order valence-corrected chi connectivity index (χ2v) is 14.7. The molecule has 0 spiro atoms. The number of benzene rings is 3. The van der Waals surface area contributed by atoms with Crippen LogP contribution in [0.3, 0.4) is 0 Å². The minimum absolute atomic E-state index is 0.166. The molecule has 5 rings (SSSR count). The number of ether oxygens (including phenoxy) is 3. The van der Waals surface area contributed by atoms with Crippen LogP contribution in [0.2, 0.25) is 0 Å². The number of nitrogens with zero attached hydrogens (tertiary/aromatic N) is 4. The minimum atomic E-state index is -0.797. The number of nitrogens with one attached hydrogen (secondary N) is 2. The number of carbonyl (C=O) groups excluding carboxylic acids is 4. The summed E-state index contributed by atoms with van der Waals surface area (Å²) in [6, 6.07) is 17.8. The van der Waals surface area contributed by atoms with Gasteiger partial charge in [-0.3, -0.25) is 9.59 Å². The Morgan fingerprint density at radius 3 is 2.35 bits per heavy atom. The number of aryl methyl sites for hydroxylation is 1. The predicted octanol–water partition coefficient (Wildman–Crippen LogP) is 7.34. The lowest BCUT2D eigenvalue weighted by Gasteiger charge is -2.24. The van der Waals surface area contributed by atoms with Gasteiger partial charge in [0.1, 0.15) is 22.5 Å². The Labute approximate surface area is 304 Å². The van der Waals surface area contributed by atoms with E-state index in [0.717, 1.165) is 30.5 Å². The third-order valence-corrected chi connectivity index (χ3v) is 8.24. The first-order valence-corrected chi connectivity index (χ1v) is 17.4. The van der Waals surface area contributed by atoms with Crippen molar-refractivity contribution in [1.29, 1.82) is 0 Å². The molecule has 4 aromatic rings. The van der Waals surface area contributed by atoms with Gasteiger partial charge in [0.05, 0.1) is 23.9 Å². The average molecular weight is 713 g/mol. The van der Waals surface area contributed by atoms with Crippen molar-refractivity contribution < 1.29 is 33.4 Å². The summed E-state index contributed by atoms with van der Waals surface area (Å²) in [5, 5.41) is 6.04. The van der Waals surface area contributed by atoms with Gasteiger partial charge < -0.3 is 34.6 Å². The zero-order valence-corrected chi connectivity index (χ0v) is 31.2. The van der Waals surface area contributed by atoms with E-state index in [1.807, 2.05) is 18.2 Å². The lowest BCUT2D eigenvalue weighted by molar-refractivity contribution is 0.0304. The van der Waals surface area contributed by atoms with Crippen molar-refractivity contribution in [2.24, 2.45) is 0 Å². The van der Waals surface area contributed by atoms with Crippen LogP contribution in [0.25, 0.3) is 11.0 Å². The van der Waals surface area contributed by atoms with Crippen LogP contribution >= 0.6 is 0 Å². The van der Waals surface area contributed by atoms with Crippen molar-refractivity contribution in [3.63, 3.8) is 0 Å². The molecule has 13 heteroatoms. The van der Waals surface area contributed by atoms with Gasteiger partial charge in [0.2, 0.25) is 5.95 Å². The number of imidazole rings is 1. The van der Waals surface area contributed by atoms with E-state index in [1.165, 1.54) is 16.6 Å². The summed E-state index contributed by atoms with van der Waals surface area (Å²) in [4.78, 5) is 61.4. The number of fused-ring (bicyclic) bond motifs is 2. The lowest BCUT2D eigenvalue weighted by Crippen LogP contribution is -2.37. The van der Waals surface area contributed by atoms with Crippen LogP contribution in [-0.2, 0) is 15.9 Å². The van der Waals surface area contributed by atoms with E-state index in [9.17, 15) is 19.2 Å². The molecule has 0 unspecified atom stereocenters. The molecule has 52 heavy (non-hydrogen) atoms. The number of amides is 3. The van der Waals surface area contributed by atoms with Gasteiger partial charge in [0.25, 0.3) is 11.8 Å². The molecule has 0 saturated heterocycles. The van der Waals surface area contributed by atoms with Gasteiger partial charge in [0.15, 0.2) is 0 Å². The van der Waals surface area contributed by atoms with Crippen molar-refractivity contribution in [2.75, 3.05) is 49.3 Å². The third kappa shape index (κ3) is 8.82. The zero-order chi connectivity index (χ0) is 37.8. The van der Waals surface area contributed by atoms with Crippen molar-refractivity contribution in [3.05, 3.63) is 77.4 Å². The Balaban J connectivity index is 1.40. The van der Waals surface area contributed by atoms with Crippen molar-refractivity contribution in [2.45, 2.75) is 72.0 Å². The Bertz CT molecular complexity index is 1970. The van der Waals surface area contributed by atoms with Crippen LogP contribution in [0.1, 0.15) is 80.7 Å². The van der Waals surface area contributed by atoms with Gasteiger partial charge in [-0.05, 0) is 103 Å². The molecule has 276 valence electrons. The molecule has 13 nitrogen and oxygen atoms in total. The molecule has 1 aromatic heterocycles. The summed E-state index contributed by atoms with van der Waals surface area (Å²) in [6.45, 7) is 11.7. The second kappa shape index (κ2) is 15.3. The number of hydrogen-bond acceptors (Lipinski definition) is 9. The Kier molecular flexibility index (Phi) is 11.1. The Morgan fingerprint density at radius 1 is 0.904 bits per heavy atom. The average Bonchev–Trinajstić information content (AvgIpc) is 3.32. The number of anilines is 3. The Hall–Kier alpha value is -5.59. The van der Waals surface area contributed by atoms with Gasteiger partial charge in [-0.1, -0.05) is 24.3 Å². The largest absolute Gasteiger partial charge is 0.496 e. The molecule has 2 N–H and O–H groups in total. The molecule has 0 aliphatic carbocycles. The summed E-state index contributed by atoms with van der Waals surface area (Å²) in [6.07, 6.45) is 1.63. The highest BCUT2D eigenvalue weighted by Gasteiger charge is 2.27. The highest BCUT2D eigenvalue weighted by Crippen LogP contribution is 2.31. The van der Waals surface area contributed by atoms with Gasteiger partial charge in [-0.15, -0.1) is 0 Å². The van der Waals surface area contributed by atoms with Crippen LogP contribution in [0.15, 0.2) is 60.7 Å². The normalized spacial score (nSPS) is 13.1. The van der Waals surface area contributed by atoms with E-state index in [0.29, 0.717) is 28.8 Å². The number of likely N-dealkylation sites (N-methyl/N-ethyl adjacent to an activating group) is 1. The van der Waals surface area contributed by atoms with E-state index in [4.69, 9.17) is 14.2 Å². The number of rotatable bonds is 8. The van der Waals surface area contributed by atoms with E-state index >= 15 is 0 Å². The topological polar surface area (TPSA) is 144 Å². The highest BCUT2D eigenvalue weighted by atomic mass is 16.6. The first-order chi connectivity index (χ1) is 24.6. The first-order valence-electron chi connectivity index (χ1n) is 17.4.